The molecule has 27 heavy (non-hydrogen) atoms. The molecule has 0 aliphatic rings. The summed E-state index contributed by atoms with van der Waals surface area (Å²) in [5.74, 6) is -0.440. The Bertz CT molecular complexity index is 800. The van der Waals surface area contributed by atoms with Gasteiger partial charge in [0.15, 0.2) is 6.61 Å². The fraction of sp³-hybridized carbons (Fsp3) is 0.421. The first-order valence-electron chi connectivity index (χ1n) is 8.75. The summed E-state index contributed by atoms with van der Waals surface area (Å²) < 4.78 is 19.9. The van der Waals surface area contributed by atoms with Crippen molar-refractivity contribution in [1.82, 2.24) is 20.6 Å². The van der Waals surface area contributed by atoms with Gasteiger partial charge >= 0.3 is 0 Å². The standard InChI is InChI=1S/C19H25FN4O3/c1-12(2)10-24-14(4)17(13(3)23-24)9-18(25)21-22-19(26)11-27-16-7-5-15(20)6-8-16/h5-8,12H,9-11H2,1-4H3,(H,21,25)(H,22,26). The number of aryl methyl sites for hydroxylation is 1. The molecule has 0 radical (unpaired) electrons. The molecule has 2 aromatic rings. The van der Waals surface area contributed by atoms with Crippen molar-refractivity contribution in [2.24, 2.45) is 5.92 Å². The summed E-state index contributed by atoms with van der Waals surface area (Å²) in [7, 11) is 0. The van der Waals surface area contributed by atoms with E-state index in [1.807, 2.05) is 18.5 Å². The van der Waals surface area contributed by atoms with Gasteiger partial charge in [0.2, 0.25) is 5.91 Å². The van der Waals surface area contributed by atoms with Gasteiger partial charge in [0, 0.05) is 17.8 Å². The Labute approximate surface area is 157 Å². The van der Waals surface area contributed by atoms with Gasteiger partial charge in [-0.05, 0) is 44.0 Å². The van der Waals surface area contributed by atoms with Gasteiger partial charge in [0.05, 0.1) is 12.1 Å². The number of nitrogens with one attached hydrogen (secondary N) is 2. The van der Waals surface area contributed by atoms with Crippen molar-refractivity contribution in [1.29, 1.82) is 0 Å². The molecule has 0 atom stereocenters. The number of aromatic nitrogens is 2. The first kappa shape index (κ1) is 20.4. The SMILES string of the molecule is Cc1nn(CC(C)C)c(C)c1CC(=O)NNC(=O)COc1ccc(F)cc1. The number of hydrazine groups is 1. The maximum Gasteiger partial charge on any atom is 0.276 e. The Kier molecular flexibility index (Phi) is 6.92. The molecule has 0 unspecified atom stereocenters. The number of carbonyl (C=O) groups excluding carboxylic acids is 2. The van der Waals surface area contributed by atoms with Gasteiger partial charge in [-0.1, -0.05) is 13.8 Å². The zero-order valence-electron chi connectivity index (χ0n) is 16.0. The lowest BCUT2D eigenvalue weighted by Crippen LogP contribution is -2.44. The molecule has 0 saturated heterocycles. The number of amides is 2. The predicted molar refractivity (Wildman–Crippen MR) is 98.4 cm³/mol. The van der Waals surface area contributed by atoms with Crippen molar-refractivity contribution in [3.8, 4) is 5.75 Å². The summed E-state index contributed by atoms with van der Waals surface area (Å²) in [6.45, 7) is 8.49. The van der Waals surface area contributed by atoms with E-state index in [4.69, 9.17) is 4.74 Å². The first-order chi connectivity index (χ1) is 12.8. The zero-order chi connectivity index (χ0) is 20.0. The Morgan fingerprint density at radius 3 is 2.41 bits per heavy atom. The highest BCUT2D eigenvalue weighted by Crippen LogP contribution is 2.15. The lowest BCUT2D eigenvalue weighted by atomic mass is 10.1. The molecule has 0 fully saturated rings. The normalized spacial score (nSPS) is 10.7. The van der Waals surface area contributed by atoms with E-state index in [1.165, 1.54) is 24.3 Å². The van der Waals surface area contributed by atoms with Gasteiger partial charge in [0.1, 0.15) is 11.6 Å². The summed E-state index contributed by atoms with van der Waals surface area (Å²) in [6.07, 6.45) is 0.120. The Hall–Kier alpha value is -2.90. The largest absolute Gasteiger partial charge is 0.484 e. The minimum atomic E-state index is -0.517. The summed E-state index contributed by atoms with van der Waals surface area (Å²) in [6, 6.07) is 5.31. The highest BCUT2D eigenvalue weighted by molar-refractivity contribution is 5.84. The molecule has 146 valence electrons. The highest BCUT2D eigenvalue weighted by Gasteiger charge is 2.16. The fourth-order valence-electron chi connectivity index (χ4n) is 2.57. The van der Waals surface area contributed by atoms with E-state index in [9.17, 15) is 14.0 Å². The summed E-state index contributed by atoms with van der Waals surface area (Å²) >= 11 is 0. The molecule has 0 bridgehead atoms. The Balaban J connectivity index is 1.81. The summed E-state index contributed by atoms with van der Waals surface area (Å²) in [4.78, 5) is 23.9. The topological polar surface area (TPSA) is 85.3 Å². The molecule has 8 heteroatoms. The van der Waals surface area contributed by atoms with Crippen LogP contribution in [0.1, 0.15) is 30.8 Å². The number of hydrogen-bond donors (Lipinski definition) is 2. The molecule has 1 aromatic heterocycles. The van der Waals surface area contributed by atoms with Crippen molar-refractivity contribution >= 4 is 11.8 Å². The minimum absolute atomic E-state index is 0.120. The van der Waals surface area contributed by atoms with Gasteiger partial charge in [-0.2, -0.15) is 5.10 Å². The number of ether oxygens (including phenoxy) is 1. The second-order valence-corrected chi connectivity index (χ2v) is 6.74. The van der Waals surface area contributed by atoms with E-state index in [1.54, 1.807) is 0 Å². The Morgan fingerprint density at radius 2 is 1.78 bits per heavy atom. The zero-order valence-corrected chi connectivity index (χ0v) is 16.0. The quantitative estimate of drug-likeness (QED) is 0.725. The second-order valence-electron chi connectivity index (χ2n) is 6.74. The van der Waals surface area contributed by atoms with Crippen LogP contribution >= 0.6 is 0 Å². The minimum Gasteiger partial charge on any atom is -0.484 e. The van der Waals surface area contributed by atoms with Crippen LogP contribution in [0.2, 0.25) is 0 Å². The van der Waals surface area contributed by atoms with Crippen LogP contribution in [0.5, 0.6) is 5.75 Å². The lowest BCUT2D eigenvalue weighted by Gasteiger charge is -2.10. The van der Waals surface area contributed by atoms with Crippen LogP contribution in [-0.4, -0.2) is 28.2 Å². The van der Waals surface area contributed by atoms with Crippen LogP contribution in [0, 0.1) is 25.6 Å². The van der Waals surface area contributed by atoms with Gasteiger partial charge in [-0.3, -0.25) is 25.1 Å². The van der Waals surface area contributed by atoms with Crippen molar-refractivity contribution in [3.05, 3.63) is 47.0 Å². The second kappa shape index (κ2) is 9.16. The number of rotatable bonds is 7. The molecule has 2 rings (SSSR count). The Morgan fingerprint density at radius 1 is 1.15 bits per heavy atom. The van der Waals surface area contributed by atoms with E-state index in [-0.39, 0.29) is 24.8 Å². The van der Waals surface area contributed by atoms with Crippen LogP contribution in [0.4, 0.5) is 4.39 Å². The molecule has 0 aliphatic heterocycles. The average Bonchev–Trinajstić information content (AvgIpc) is 2.86. The van der Waals surface area contributed by atoms with Crippen LogP contribution in [0.15, 0.2) is 24.3 Å². The van der Waals surface area contributed by atoms with E-state index < -0.39 is 5.91 Å². The van der Waals surface area contributed by atoms with Crippen LogP contribution < -0.4 is 15.6 Å². The third-order valence-corrected chi connectivity index (χ3v) is 3.93. The number of nitrogens with zero attached hydrogens (tertiary/aromatic N) is 2. The van der Waals surface area contributed by atoms with Gasteiger partial charge in [0.25, 0.3) is 5.91 Å². The summed E-state index contributed by atoms with van der Waals surface area (Å²) in [5.41, 5.74) is 7.26. The third-order valence-electron chi connectivity index (χ3n) is 3.93. The summed E-state index contributed by atoms with van der Waals surface area (Å²) in [5, 5.41) is 4.47. The van der Waals surface area contributed by atoms with E-state index in [0.717, 1.165) is 23.5 Å². The molecule has 1 aromatic carbocycles. The van der Waals surface area contributed by atoms with Gasteiger partial charge in [-0.25, -0.2) is 4.39 Å². The van der Waals surface area contributed by atoms with Crippen LogP contribution in [-0.2, 0) is 22.6 Å². The van der Waals surface area contributed by atoms with Gasteiger partial charge < -0.3 is 4.74 Å². The first-order valence-corrected chi connectivity index (χ1v) is 8.75. The van der Waals surface area contributed by atoms with E-state index >= 15 is 0 Å². The number of carbonyl (C=O) groups is 2. The van der Waals surface area contributed by atoms with Crippen molar-refractivity contribution in [3.63, 3.8) is 0 Å². The fourth-order valence-corrected chi connectivity index (χ4v) is 2.57. The van der Waals surface area contributed by atoms with Crippen molar-refractivity contribution < 1.29 is 18.7 Å². The molecule has 2 N–H and O–H groups in total. The number of halogens is 1. The molecule has 1 heterocycles. The smallest absolute Gasteiger partial charge is 0.276 e. The molecule has 7 nitrogen and oxygen atoms in total. The monoisotopic (exact) mass is 376 g/mol. The molecule has 2 amide bonds. The lowest BCUT2D eigenvalue weighted by molar-refractivity contribution is -0.129. The van der Waals surface area contributed by atoms with Crippen LogP contribution in [0.25, 0.3) is 0 Å². The molecule has 0 spiro atoms. The van der Waals surface area contributed by atoms with Crippen molar-refractivity contribution in [2.45, 2.75) is 40.7 Å². The maximum absolute atomic E-state index is 12.8. The predicted octanol–water partition coefficient (Wildman–Crippen LogP) is 2.06. The maximum atomic E-state index is 12.8. The molecular weight excluding hydrogens is 351 g/mol. The third kappa shape index (κ3) is 6.09. The highest BCUT2D eigenvalue weighted by atomic mass is 19.1. The van der Waals surface area contributed by atoms with Crippen LogP contribution in [0.3, 0.4) is 0 Å². The van der Waals surface area contributed by atoms with E-state index in [2.05, 4.69) is 29.8 Å². The molecular formula is C19H25FN4O3. The molecule has 0 saturated carbocycles. The van der Waals surface area contributed by atoms with Gasteiger partial charge in [-0.15, -0.1) is 0 Å². The number of benzene rings is 1. The average molecular weight is 376 g/mol. The van der Waals surface area contributed by atoms with Crippen molar-refractivity contribution in [2.75, 3.05) is 6.61 Å². The van der Waals surface area contributed by atoms with E-state index in [0.29, 0.717) is 11.7 Å². The number of hydrogen-bond acceptors (Lipinski definition) is 4. The molecule has 0 aliphatic carbocycles.